The van der Waals surface area contributed by atoms with E-state index in [2.05, 4.69) is 4.72 Å². The summed E-state index contributed by atoms with van der Waals surface area (Å²) in [6, 6.07) is 5.17. The molecular weight excluding hydrogens is 266 g/mol. The van der Waals surface area contributed by atoms with Crippen LogP contribution in [0.3, 0.4) is 0 Å². The lowest BCUT2D eigenvalue weighted by Gasteiger charge is -2.21. The third-order valence-corrected chi connectivity index (χ3v) is 4.86. The fraction of sp³-hybridized carbons (Fsp3) is 0.538. The zero-order valence-electron chi connectivity index (χ0n) is 11.1. The molecule has 0 amide bonds. The Labute approximate surface area is 113 Å². The third kappa shape index (κ3) is 3.33. The van der Waals surface area contributed by atoms with E-state index in [1.807, 2.05) is 13.0 Å². The van der Waals surface area contributed by atoms with E-state index in [0.717, 1.165) is 5.56 Å². The molecule has 1 saturated heterocycles. The summed E-state index contributed by atoms with van der Waals surface area (Å²) in [6.07, 6.45) is 0.447. The molecule has 5 nitrogen and oxygen atoms in total. The van der Waals surface area contributed by atoms with Gasteiger partial charge in [-0.2, -0.15) is 0 Å². The molecule has 1 atom stereocenters. The molecule has 1 aromatic carbocycles. The summed E-state index contributed by atoms with van der Waals surface area (Å²) < 4.78 is 31.9. The summed E-state index contributed by atoms with van der Waals surface area (Å²) in [5.74, 6) is 0. The van der Waals surface area contributed by atoms with Gasteiger partial charge in [0.25, 0.3) is 0 Å². The fourth-order valence-electron chi connectivity index (χ4n) is 2.14. The molecule has 6 heteroatoms. The number of benzene rings is 1. The number of sulfonamides is 1. The molecule has 2 N–H and O–H groups in total. The highest BCUT2D eigenvalue weighted by Gasteiger charge is 2.33. The lowest BCUT2D eigenvalue weighted by atomic mass is 10.1. The Morgan fingerprint density at radius 2 is 2.16 bits per heavy atom. The first-order valence-corrected chi connectivity index (χ1v) is 7.68. The summed E-state index contributed by atoms with van der Waals surface area (Å²) in [6.45, 7) is 4.28. The summed E-state index contributed by atoms with van der Waals surface area (Å²) >= 11 is 0. The van der Waals surface area contributed by atoms with Crippen LogP contribution in [0.25, 0.3) is 0 Å². The van der Waals surface area contributed by atoms with Gasteiger partial charge in [-0.15, -0.1) is 0 Å². The van der Waals surface area contributed by atoms with Gasteiger partial charge in [-0.25, -0.2) is 13.1 Å². The van der Waals surface area contributed by atoms with E-state index in [-0.39, 0.29) is 18.0 Å². The van der Waals surface area contributed by atoms with Gasteiger partial charge < -0.3 is 9.84 Å². The van der Waals surface area contributed by atoms with Crippen molar-refractivity contribution in [3.63, 3.8) is 0 Å². The number of hydrogen-bond donors (Lipinski definition) is 2. The molecule has 19 heavy (non-hydrogen) atoms. The topological polar surface area (TPSA) is 75.6 Å². The molecule has 1 unspecified atom stereocenters. The molecule has 0 aliphatic carbocycles. The fourth-order valence-corrected chi connectivity index (χ4v) is 3.49. The minimum absolute atomic E-state index is 0.0251. The molecule has 1 aliphatic rings. The van der Waals surface area contributed by atoms with E-state index in [9.17, 15) is 13.5 Å². The van der Waals surface area contributed by atoms with Crippen molar-refractivity contribution in [2.45, 2.75) is 30.8 Å². The zero-order valence-corrected chi connectivity index (χ0v) is 12.0. The van der Waals surface area contributed by atoms with Gasteiger partial charge in [0.05, 0.1) is 11.5 Å². The number of nitrogens with one attached hydrogen (secondary N) is 1. The summed E-state index contributed by atoms with van der Waals surface area (Å²) in [5, 5.41) is 10.1. The lowest BCUT2D eigenvalue weighted by Crippen LogP contribution is -2.43. The highest BCUT2D eigenvalue weighted by atomic mass is 32.2. The van der Waals surface area contributed by atoms with Crippen LogP contribution in [-0.4, -0.2) is 38.9 Å². The second-order valence-electron chi connectivity index (χ2n) is 5.12. The molecule has 0 radical (unpaired) electrons. The van der Waals surface area contributed by atoms with Gasteiger partial charge in [-0.3, -0.25) is 0 Å². The Hall–Kier alpha value is -0.950. The summed E-state index contributed by atoms with van der Waals surface area (Å²) in [7, 11) is -3.60. The molecule has 1 aliphatic heterocycles. The molecule has 106 valence electrons. The Kier molecular flexibility index (Phi) is 3.96. The second-order valence-corrected chi connectivity index (χ2v) is 6.86. The number of rotatable bonds is 4. The van der Waals surface area contributed by atoms with Crippen molar-refractivity contribution in [2.75, 3.05) is 19.8 Å². The van der Waals surface area contributed by atoms with Gasteiger partial charge in [0.1, 0.15) is 5.60 Å². The molecule has 0 spiro atoms. The molecule has 0 bridgehead atoms. The Morgan fingerprint density at radius 3 is 2.74 bits per heavy atom. The van der Waals surface area contributed by atoms with Crippen molar-refractivity contribution in [3.8, 4) is 0 Å². The van der Waals surface area contributed by atoms with E-state index < -0.39 is 15.6 Å². The largest absolute Gasteiger partial charge is 0.386 e. The van der Waals surface area contributed by atoms with Crippen molar-refractivity contribution in [1.29, 1.82) is 0 Å². The highest BCUT2D eigenvalue weighted by molar-refractivity contribution is 7.89. The van der Waals surface area contributed by atoms with E-state index in [0.29, 0.717) is 18.6 Å². The van der Waals surface area contributed by atoms with Gasteiger partial charge in [-0.05, 0) is 25.5 Å². The SMILES string of the molecule is Cc1ccc(S(=O)(=O)NCC2(O)CCOC2)c(C)c1. The van der Waals surface area contributed by atoms with E-state index >= 15 is 0 Å². The first-order chi connectivity index (χ1) is 8.82. The van der Waals surface area contributed by atoms with Crippen LogP contribution in [0.2, 0.25) is 0 Å². The second kappa shape index (κ2) is 5.20. The van der Waals surface area contributed by atoms with Crippen molar-refractivity contribution < 1.29 is 18.3 Å². The van der Waals surface area contributed by atoms with Crippen molar-refractivity contribution in [2.24, 2.45) is 0 Å². The number of aliphatic hydroxyl groups is 1. The average Bonchev–Trinajstić information content (AvgIpc) is 2.74. The predicted octanol–water partition coefficient (Wildman–Crippen LogP) is 0.733. The molecular formula is C13H19NO4S. The summed E-state index contributed by atoms with van der Waals surface area (Å²) in [4.78, 5) is 0.251. The smallest absolute Gasteiger partial charge is 0.240 e. The van der Waals surface area contributed by atoms with Crippen LogP contribution in [0.5, 0.6) is 0 Å². The van der Waals surface area contributed by atoms with Crippen LogP contribution >= 0.6 is 0 Å². The molecule has 2 rings (SSSR count). The Morgan fingerprint density at radius 1 is 1.42 bits per heavy atom. The number of ether oxygens (including phenoxy) is 1. The first kappa shape index (κ1) is 14.5. The normalized spacial score (nSPS) is 23.7. The third-order valence-electron chi connectivity index (χ3n) is 3.29. The molecule has 0 saturated carbocycles. The average molecular weight is 285 g/mol. The minimum atomic E-state index is -3.60. The van der Waals surface area contributed by atoms with E-state index in [4.69, 9.17) is 4.74 Å². The van der Waals surface area contributed by atoms with Crippen LogP contribution in [0, 0.1) is 13.8 Å². The van der Waals surface area contributed by atoms with Crippen molar-refractivity contribution >= 4 is 10.0 Å². The number of hydrogen-bond acceptors (Lipinski definition) is 4. The standard InChI is InChI=1S/C13H19NO4S/c1-10-3-4-12(11(2)7-10)19(16,17)14-8-13(15)5-6-18-9-13/h3-4,7,14-15H,5-6,8-9H2,1-2H3. The molecule has 0 aromatic heterocycles. The monoisotopic (exact) mass is 285 g/mol. The van der Waals surface area contributed by atoms with Gasteiger partial charge in [-0.1, -0.05) is 17.7 Å². The van der Waals surface area contributed by atoms with Crippen LogP contribution < -0.4 is 4.72 Å². The van der Waals surface area contributed by atoms with E-state index in [1.165, 1.54) is 0 Å². The van der Waals surface area contributed by atoms with Crippen LogP contribution in [0.4, 0.5) is 0 Å². The molecule has 1 heterocycles. The minimum Gasteiger partial charge on any atom is -0.386 e. The maximum Gasteiger partial charge on any atom is 0.240 e. The van der Waals surface area contributed by atoms with Gasteiger partial charge >= 0.3 is 0 Å². The maximum atomic E-state index is 12.2. The maximum absolute atomic E-state index is 12.2. The Bertz CT molecular complexity index is 562. The number of aryl methyl sites for hydroxylation is 2. The van der Waals surface area contributed by atoms with E-state index in [1.54, 1.807) is 19.1 Å². The van der Waals surface area contributed by atoms with Crippen molar-refractivity contribution in [1.82, 2.24) is 4.72 Å². The van der Waals surface area contributed by atoms with Crippen LogP contribution in [0.1, 0.15) is 17.5 Å². The van der Waals surface area contributed by atoms with Crippen LogP contribution in [-0.2, 0) is 14.8 Å². The van der Waals surface area contributed by atoms with Gasteiger partial charge in [0, 0.05) is 19.6 Å². The lowest BCUT2D eigenvalue weighted by molar-refractivity contribution is 0.0314. The predicted molar refractivity (Wildman–Crippen MR) is 71.5 cm³/mol. The summed E-state index contributed by atoms with van der Waals surface area (Å²) in [5.41, 5.74) is 0.618. The van der Waals surface area contributed by atoms with Crippen molar-refractivity contribution in [3.05, 3.63) is 29.3 Å². The first-order valence-electron chi connectivity index (χ1n) is 6.19. The molecule has 1 fully saturated rings. The van der Waals surface area contributed by atoms with Gasteiger partial charge in [0.2, 0.25) is 10.0 Å². The quantitative estimate of drug-likeness (QED) is 0.855. The molecule has 1 aromatic rings. The van der Waals surface area contributed by atoms with Gasteiger partial charge in [0.15, 0.2) is 0 Å². The zero-order chi connectivity index (χ0) is 14.1. The highest BCUT2D eigenvalue weighted by Crippen LogP contribution is 2.20. The van der Waals surface area contributed by atoms with Crippen LogP contribution in [0.15, 0.2) is 23.1 Å². The Balaban J connectivity index is 2.14.